The van der Waals surface area contributed by atoms with Crippen LogP contribution >= 0.6 is 0 Å². The Bertz CT molecular complexity index is 922. The first-order chi connectivity index (χ1) is 11.0. The summed E-state index contributed by atoms with van der Waals surface area (Å²) in [7, 11) is 1.49. The smallest absolute Gasteiger partial charge is 0.333 e. The number of hydrogen-bond acceptors (Lipinski definition) is 4. The summed E-state index contributed by atoms with van der Waals surface area (Å²) in [6.45, 7) is 1.46. The Morgan fingerprint density at radius 1 is 1.00 bits per heavy atom. The maximum absolute atomic E-state index is 12.7. The summed E-state index contributed by atoms with van der Waals surface area (Å²) >= 11 is 0. The van der Waals surface area contributed by atoms with Gasteiger partial charge in [0, 0.05) is 24.6 Å². The Kier molecular flexibility index (Phi) is 3.57. The van der Waals surface area contributed by atoms with Crippen molar-refractivity contribution in [3.63, 3.8) is 0 Å². The van der Waals surface area contributed by atoms with Gasteiger partial charge in [-0.15, -0.1) is 0 Å². The summed E-state index contributed by atoms with van der Waals surface area (Å²) in [5, 5.41) is 24.9. The third-order valence-corrected chi connectivity index (χ3v) is 3.72. The molecular formula is C17H14N2O4. The van der Waals surface area contributed by atoms with E-state index in [9.17, 15) is 15.2 Å². The number of rotatable bonds is 3. The monoisotopic (exact) mass is 310 g/mol. The van der Waals surface area contributed by atoms with Gasteiger partial charge >= 0.3 is 5.69 Å². The SMILES string of the molecule is COc1cccc(C(=O)c2c(C)[n+]([O-])c3ccccc3[n+]2[O-])c1. The first-order valence-electron chi connectivity index (χ1n) is 6.97. The predicted octanol–water partition coefficient (Wildman–Crippen LogP) is 1.65. The molecule has 0 atom stereocenters. The summed E-state index contributed by atoms with van der Waals surface area (Å²) in [4.78, 5) is 12.7. The molecule has 0 radical (unpaired) electrons. The van der Waals surface area contributed by atoms with Crippen molar-refractivity contribution in [2.24, 2.45) is 0 Å². The van der Waals surface area contributed by atoms with Crippen LogP contribution in [0.4, 0.5) is 0 Å². The Morgan fingerprint density at radius 3 is 2.30 bits per heavy atom. The lowest BCUT2D eigenvalue weighted by atomic mass is 10.1. The number of methoxy groups -OCH3 is 1. The van der Waals surface area contributed by atoms with E-state index >= 15 is 0 Å². The molecule has 3 rings (SSSR count). The van der Waals surface area contributed by atoms with Gasteiger partial charge in [0.25, 0.3) is 22.5 Å². The minimum absolute atomic E-state index is 0.0616. The number of ether oxygens (including phenoxy) is 1. The van der Waals surface area contributed by atoms with Gasteiger partial charge in [-0.2, -0.15) is 9.46 Å². The molecule has 1 aromatic heterocycles. The molecule has 116 valence electrons. The van der Waals surface area contributed by atoms with Crippen molar-refractivity contribution < 1.29 is 19.0 Å². The molecule has 1 heterocycles. The minimum Gasteiger partial charge on any atom is -0.618 e. The fourth-order valence-electron chi connectivity index (χ4n) is 2.51. The number of aromatic nitrogens is 2. The van der Waals surface area contributed by atoms with E-state index in [4.69, 9.17) is 4.74 Å². The second-order valence-corrected chi connectivity index (χ2v) is 5.07. The largest absolute Gasteiger partial charge is 0.618 e. The highest BCUT2D eigenvalue weighted by molar-refractivity contribution is 6.07. The highest BCUT2D eigenvalue weighted by atomic mass is 16.5. The molecule has 0 saturated carbocycles. The predicted molar refractivity (Wildman–Crippen MR) is 83.0 cm³/mol. The Hall–Kier alpha value is -3.15. The molecule has 23 heavy (non-hydrogen) atoms. The molecule has 3 aromatic rings. The lowest BCUT2D eigenvalue weighted by molar-refractivity contribution is -0.635. The minimum atomic E-state index is -0.522. The van der Waals surface area contributed by atoms with Gasteiger partial charge in [0.05, 0.1) is 7.11 Å². The van der Waals surface area contributed by atoms with Gasteiger partial charge < -0.3 is 15.2 Å². The van der Waals surface area contributed by atoms with E-state index in [1.807, 2.05) is 0 Å². The topological polar surface area (TPSA) is 80.2 Å². The number of benzene rings is 2. The van der Waals surface area contributed by atoms with E-state index in [1.165, 1.54) is 26.2 Å². The Labute approximate surface area is 132 Å². The van der Waals surface area contributed by atoms with E-state index in [-0.39, 0.29) is 28.0 Å². The van der Waals surface area contributed by atoms with Crippen molar-refractivity contribution in [3.8, 4) is 5.75 Å². The van der Waals surface area contributed by atoms with Gasteiger partial charge in [0.1, 0.15) is 5.75 Å². The second kappa shape index (κ2) is 5.57. The molecule has 0 unspecified atom stereocenters. The van der Waals surface area contributed by atoms with Crippen molar-refractivity contribution in [1.82, 2.24) is 0 Å². The second-order valence-electron chi connectivity index (χ2n) is 5.07. The van der Waals surface area contributed by atoms with Crippen molar-refractivity contribution in [2.45, 2.75) is 6.92 Å². The maximum atomic E-state index is 12.7. The number of para-hydroxylation sites is 2. The summed E-state index contributed by atoms with van der Waals surface area (Å²) in [5.74, 6) is -0.0199. The quantitative estimate of drug-likeness (QED) is 0.418. The average molecular weight is 310 g/mol. The standard InChI is InChI=1S/C17H14N2O4/c1-11-16(17(20)12-6-5-7-13(10-12)23-2)19(22)15-9-4-3-8-14(15)18(11)21/h3-10H,1-2H3. The van der Waals surface area contributed by atoms with Crippen LogP contribution in [-0.2, 0) is 0 Å². The molecule has 0 aliphatic heterocycles. The fraction of sp³-hybridized carbons (Fsp3) is 0.118. The molecular weight excluding hydrogens is 296 g/mol. The third kappa shape index (κ3) is 2.34. The van der Waals surface area contributed by atoms with Crippen molar-refractivity contribution >= 4 is 16.8 Å². The molecule has 6 nitrogen and oxygen atoms in total. The molecule has 6 heteroatoms. The van der Waals surface area contributed by atoms with E-state index in [1.54, 1.807) is 36.4 Å². The number of ketones is 1. The van der Waals surface area contributed by atoms with E-state index < -0.39 is 5.78 Å². The Morgan fingerprint density at radius 2 is 1.65 bits per heavy atom. The highest BCUT2D eigenvalue weighted by Gasteiger charge is 2.31. The number of carbonyl (C=O) groups excluding carboxylic acids is 1. The summed E-state index contributed by atoms with van der Waals surface area (Å²) in [6, 6.07) is 12.8. The summed E-state index contributed by atoms with van der Waals surface area (Å²) < 4.78 is 6.21. The highest BCUT2D eigenvalue weighted by Crippen LogP contribution is 2.17. The number of hydrogen-bond donors (Lipinski definition) is 0. The zero-order chi connectivity index (χ0) is 16.6. The van der Waals surface area contributed by atoms with Crippen LogP contribution in [0.15, 0.2) is 48.5 Å². The third-order valence-electron chi connectivity index (χ3n) is 3.72. The number of nitrogens with zero attached hydrogens (tertiary/aromatic N) is 2. The van der Waals surface area contributed by atoms with Gasteiger partial charge in [-0.05, 0) is 12.1 Å². The van der Waals surface area contributed by atoms with Gasteiger partial charge in [-0.25, -0.2) is 0 Å². The van der Waals surface area contributed by atoms with Crippen LogP contribution in [0, 0.1) is 17.3 Å². The van der Waals surface area contributed by atoms with E-state index in [0.717, 1.165) is 0 Å². The van der Waals surface area contributed by atoms with Crippen LogP contribution in [0.5, 0.6) is 5.75 Å². The van der Waals surface area contributed by atoms with E-state index in [2.05, 4.69) is 0 Å². The molecule has 0 aliphatic rings. The van der Waals surface area contributed by atoms with Crippen molar-refractivity contribution in [1.29, 1.82) is 0 Å². The summed E-state index contributed by atoms with van der Waals surface area (Å²) in [6.07, 6.45) is 0. The van der Waals surface area contributed by atoms with Crippen molar-refractivity contribution in [3.05, 3.63) is 75.9 Å². The van der Waals surface area contributed by atoms with Gasteiger partial charge in [0.2, 0.25) is 0 Å². The molecule has 2 aromatic carbocycles. The van der Waals surface area contributed by atoms with Gasteiger partial charge in [-0.3, -0.25) is 4.79 Å². The fourth-order valence-corrected chi connectivity index (χ4v) is 2.51. The van der Waals surface area contributed by atoms with Crippen LogP contribution < -0.4 is 14.2 Å². The molecule has 0 spiro atoms. The maximum Gasteiger partial charge on any atom is 0.333 e. The van der Waals surface area contributed by atoms with Gasteiger partial charge in [0.15, 0.2) is 0 Å². The molecule has 0 bridgehead atoms. The lowest BCUT2D eigenvalue weighted by Gasteiger charge is -2.10. The van der Waals surface area contributed by atoms with Gasteiger partial charge in [-0.1, -0.05) is 24.3 Å². The normalized spacial score (nSPS) is 10.7. The van der Waals surface area contributed by atoms with Crippen LogP contribution in [0.1, 0.15) is 21.7 Å². The van der Waals surface area contributed by atoms with Crippen LogP contribution in [-0.4, -0.2) is 12.9 Å². The van der Waals surface area contributed by atoms with Crippen LogP contribution in [0.25, 0.3) is 11.0 Å². The molecule has 0 N–H and O–H groups in total. The van der Waals surface area contributed by atoms with Crippen LogP contribution in [0.2, 0.25) is 0 Å². The zero-order valence-corrected chi connectivity index (χ0v) is 12.6. The molecule has 0 aliphatic carbocycles. The average Bonchev–Trinajstić information content (AvgIpc) is 2.60. The van der Waals surface area contributed by atoms with Crippen LogP contribution in [0.3, 0.4) is 0 Å². The van der Waals surface area contributed by atoms with Crippen molar-refractivity contribution in [2.75, 3.05) is 7.11 Å². The first-order valence-corrected chi connectivity index (χ1v) is 6.97. The zero-order valence-electron chi connectivity index (χ0n) is 12.6. The lowest BCUT2D eigenvalue weighted by Crippen LogP contribution is -2.46. The van der Waals surface area contributed by atoms with E-state index in [0.29, 0.717) is 15.2 Å². The number of carbonyl (C=O) groups is 1. The first kappa shape index (κ1) is 14.8. The Balaban J connectivity index is 2.25. The number of fused-ring (bicyclic) bond motifs is 1. The summed E-state index contributed by atoms with van der Waals surface area (Å²) in [5.41, 5.74) is 0.535. The molecule has 0 amide bonds. The molecule has 0 fully saturated rings. The molecule has 0 saturated heterocycles.